The number of aryl methyl sites for hydroxylation is 1. The monoisotopic (exact) mass is 454 g/mol. The maximum atomic E-state index is 13.0. The Balaban J connectivity index is 1.18. The van der Waals surface area contributed by atoms with Crippen molar-refractivity contribution in [2.45, 2.75) is 38.0 Å². The van der Waals surface area contributed by atoms with Gasteiger partial charge in [-0.15, -0.1) is 0 Å². The van der Waals surface area contributed by atoms with Gasteiger partial charge in [0.1, 0.15) is 18.1 Å². The number of ether oxygens (including phenoxy) is 2. The number of benzene rings is 2. The lowest BCUT2D eigenvalue weighted by atomic mass is 10.1. The second-order valence-corrected chi connectivity index (χ2v) is 8.99. The van der Waals surface area contributed by atoms with Crippen LogP contribution in [0, 0.1) is 0 Å². The minimum Gasteiger partial charge on any atom is -0.492 e. The fourth-order valence-corrected chi connectivity index (χ4v) is 4.34. The Hall–Kier alpha value is -2.93. The second-order valence-electron chi connectivity index (χ2n) is 8.99. The molecule has 0 atom stereocenters. The average Bonchev–Trinajstić information content (AvgIpc) is 3.57. The van der Waals surface area contributed by atoms with Gasteiger partial charge in [0, 0.05) is 18.8 Å². The predicted octanol–water partition coefficient (Wildman–Crippen LogP) is 4.77. The summed E-state index contributed by atoms with van der Waals surface area (Å²) in [7, 11) is 0. The molecule has 7 heteroatoms. The molecule has 1 saturated carbocycles. The molecule has 5 rings (SSSR count). The van der Waals surface area contributed by atoms with Crippen molar-refractivity contribution >= 4 is 11.6 Å². The van der Waals surface area contributed by atoms with Gasteiger partial charge in [-0.25, -0.2) is 8.78 Å². The normalized spacial score (nSPS) is 19.9. The first-order valence-corrected chi connectivity index (χ1v) is 11.6. The molecule has 0 aromatic heterocycles. The molecule has 5 nitrogen and oxygen atoms in total. The van der Waals surface area contributed by atoms with E-state index in [4.69, 9.17) is 9.47 Å². The summed E-state index contributed by atoms with van der Waals surface area (Å²) in [5, 5.41) is 0. The molecule has 0 unspecified atom stereocenters. The van der Waals surface area contributed by atoms with E-state index in [-0.39, 0.29) is 19.0 Å². The van der Waals surface area contributed by atoms with Crippen LogP contribution >= 0.6 is 0 Å². The quantitative estimate of drug-likeness (QED) is 0.548. The van der Waals surface area contributed by atoms with E-state index in [2.05, 4.69) is 12.1 Å². The number of carbonyl (C=O) groups excluding carboxylic acids is 1. The molecule has 0 spiro atoms. The smallest absolute Gasteiger partial charge is 0.294 e. The highest BCUT2D eigenvalue weighted by molar-refractivity contribution is 6.07. The number of nitrogens with zero attached hydrogens (tertiary/aromatic N) is 2. The zero-order valence-electron chi connectivity index (χ0n) is 18.7. The Labute approximate surface area is 192 Å². The number of hydrogen-bond donors (Lipinski definition) is 0. The van der Waals surface area contributed by atoms with Gasteiger partial charge in [-0.1, -0.05) is 19.1 Å². The zero-order valence-corrected chi connectivity index (χ0v) is 18.7. The molecule has 2 heterocycles. The van der Waals surface area contributed by atoms with E-state index >= 15 is 0 Å². The largest absolute Gasteiger partial charge is 0.492 e. The third-order valence-corrected chi connectivity index (χ3v) is 6.38. The SMILES string of the molecule is CCc1cc(N2CC=C(Oc3ccc(C4CC4)cc3)C2=O)ccc1OCCN1CC(F)(F)C1. The van der Waals surface area contributed by atoms with Crippen molar-refractivity contribution in [1.29, 1.82) is 0 Å². The highest BCUT2D eigenvalue weighted by Gasteiger charge is 2.43. The van der Waals surface area contributed by atoms with Crippen molar-refractivity contribution in [1.82, 2.24) is 4.90 Å². The van der Waals surface area contributed by atoms with Crippen molar-refractivity contribution in [2.75, 3.05) is 37.7 Å². The predicted molar refractivity (Wildman–Crippen MR) is 122 cm³/mol. The minimum atomic E-state index is -2.56. The van der Waals surface area contributed by atoms with E-state index in [1.165, 1.54) is 18.4 Å². The van der Waals surface area contributed by atoms with Crippen molar-refractivity contribution in [3.05, 3.63) is 65.4 Å². The van der Waals surface area contributed by atoms with Gasteiger partial charge in [-0.3, -0.25) is 9.69 Å². The molecule has 0 N–H and O–H groups in total. The van der Waals surface area contributed by atoms with E-state index in [1.54, 1.807) is 15.9 Å². The fourth-order valence-electron chi connectivity index (χ4n) is 4.34. The van der Waals surface area contributed by atoms with Gasteiger partial charge < -0.3 is 14.4 Å². The molecule has 2 aromatic carbocycles. The Morgan fingerprint density at radius 1 is 1.09 bits per heavy atom. The molecule has 1 aliphatic carbocycles. The number of halogens is 2. The summed E-state index contributed by atoms with van der Waals surface area (Å²) in [6, 6.07) is 13.6. The highest BCUT2D eigenvalue weighted by Crippen LogP contribution is 2.40. The molecule has 0 radical (unpaired) electrons. The Morgan fingerprint density at radius 2 is 1.85 bits per heavy atom. The molecular formula is C26H28F2N2O3. The van der Waals surface area contributed by atoms with Gasteiger partial charge in [0.25, 0.3) is 11.8 Å². The van der Waals surface area contributed by atoms with Gasteiger partial charge in [-0.05, 0) is 72.7 Å². The summed E-state index contributed by atoms with van der Waals surface area (Å²) in [6.07, 6.45) is 5.03. The summed E-state index contributed by atoms with van der Waals surface area (Å²) in [6.45, 7) is 2.89. The van der Waals surface area contributed by atoms with Gasteiger partial charge >= 0.3 is 0 Å². The van der Waals surface area contributed by atoms with E-state index < -0.39 is 5.92 Å². The van der Waals surface area contributed by atoms with Crippen molar-refractivity contribution in [3.63, 3.8) is 0 Å². The number of anilines is 1. The highest BCUT2D eigenvalue weighted by atomic mass is 19.3. The van der Waals surface area contributed by atoms with Gasteiger partial charge in [0.15, 0.2) is 5.76 Å². The Morgan fingerprint density at radius 3 is 2.52 bits per heavy atom. The molecule has 0 bridgehead atoms. The maximum Gasteiger partial charge on any atom is 0.294 e. The summed E-state index contributed by atoms with van der Waals surface area (Å²) in [5.41, 5.74) is 3.08. The van der Waals surface area contributed by atoms with Crippen LogP contribution in [0.25, 0.3) is 0 Å². The van der Waals surface area contributed by atoms with Gasteiger partial charge in [0.05, 0.1) is 13.1 Å². The maximum absolute atomic E-state index is 13.0. The lowest BCUT2D eigenvalue weighted by molar-refractivity contribution is -0.132. The third-order valence-electron chi connectivity index (χ3n) is 6.38. The van der Waals surface area contributed by atoms with Crippen molar-refractivity contribution < 1.29 is 23.0 Å². The third kappa shape index (κ3) is 4.88. The van der Waals surface area contributed by atoms with Crippen LogP contribution in [-0.2, 0) is 11.2 Å². The molecule has 33 heavy (non-hydrogen) atoms. The van der Waals surface area contributed by atoms with E-state index in [0.717, 1.165) is 23.4 Å². The zero-order chi connectivity index (χ0) is 23.0. The van der Waals surface area contributed by atoms with Crippen LogP contribution < -0.4 is 14.4 Å². The molecule has 1 amide bonds. The van der Waals surface area contributed by atoms with Crippen LogP contribution in [-0.4, -0.2) is 49.5 Å². The van der Waals surface area contributed by atoms with Crippen molar-refractivity contribution in [2.24, 2.45) is 0 Å². The summed E-state index contributed by atoms with van der Waals surface area (Å²) >= 11 is 0. The van der Waals surface area contributed by atoms with Gasteiger partial charge in [0.2, 0.25) is 0 Å². The minimum absolute atomic E-state index is 0.171. The Bertz CT molecular complexity index is 1060. The number of rotatable bonds is 9. The molecule has 3 aliphatic rings. The van der Waals surface area contributed by atoms with Crippen LogP contribution in [0.4, 0.5) is 14.5 Å². The lowest BCUT2D eigenvalue weighted by Gasteiger charge is -2.38. The van der Waals surface area contributed by atoms with E-state index in [1.807, 2.05) is 37.3 Å². The van der Waals surface area contributed by atoms with E-state index in [0.29, 0.717) is 37.1 Å². The van der Waals surface area contributed by atoms with E-state index in [9.17, 15) is 13.6 Å². The average molecular weight is 455 g/mol. The Kier molecular flexibility index (Phi) is 5.83. The molecule has 1 saturated heterocycles. The number of likely N-dealkylation sites (tertiary alicyclic amines) is 1. The first kappa shape index (κ1) is 21.9. The molecular weight excluding hydrogens is 426 g/mol. The second kappa shape index (κ2) is 8.78. The lowest BCUT2D eigenvalue weighted by Crippen LogP contribution is -2.57. The number of carbonyl (C=O) groups is 1. The summed E-state index contributed by atoms with van der Waals surface area (Å²) < 4.78 is 37.6. The van der Waals surface area contributed by atoms with Crippen LogP contribution in [0.3, 0.4) is 0 Å². The van der Waals surface area contributed by atoms with Crippen LogP contribution in [0.15, 0.2) is 54.3 Å². The number of amides is 1. The number of hydrogen-bond acceptors (Lipinski definition) is 4. The first-order chi connectivity index (χ1) is 15.9. The molecule has 2 aromatic rings. The first-order valence-electron chi connectivity index (χ1n) is 11.6. The fraction of sp³-hybridized carbons (Fsp3) is 0.423. The summed E-state index contributed by atoms with van der Waals surface area (Å²) in [5.74, 6) is -0.328. The van der Waals surface area contributed by atoms with Crippen LogP contribution in [0.1, 0.15) is 36.8 Å². The standard InChI is InChI=1S/C26H28F2N2O3/c1-2-18-15-21(7-10-23(18)32-14-13-29-16-26(27,28)17-29)30-12-11-24(25(30)31)33-22-8-5-20(6-9-22)19-3-4-19/h5-11,15,19H,2-4,12-14,16-17H2,1H3. The molecule has 2 aliphatic heterocycles. The summed E-state index contributed by atoms with van der Waals surface area (Å²) in [4.78, 5) is 16.3. The number of alkyl halides is 2. The topological polar surface area (TPSA) is 42.0 Å². The van der Waals surface area contributed by atoms with Crippen LogP contribution in [0.5, 0.6) is 11.5 Å². The van der Waals surface area contributed by atoms with Crippen LogP contribution in [0.2, 0.25) is 0 Å². The molecule has 174 valence electrons. The molecule has 2 fully saturated rings. The van der Waals surface area contributed by atoms with Crippen molar-refractivity contribution in [3.8, 4) is 11.5 Å². The van der Waals surface area contributed by atoms with Gasteiger partial charge in [-0.2, -0.15) is 0 Å².